The summed E-state index contributed by atoms with van der Waals surface area (Å²) in [4.78, 5) is 27.9. The van der Waals surface area contributed by atoms with Gasteiger partial charge in [0, 0.05) is 17.3 Å². The summed E-state index contributed by atoms with van der Waals surface area (Å²) in [5.41, 5.74) is 1.58. The highest BCUT2D eigenvalue weighted by molar-refractivity contribution is 6.51. The van der Waals surface area contributed by atoms with Crippen LogP contribution in [0.1, 0.15) is 42.7 Å². The van der Waals surface area contributed by atoms with Crippen molar-refractivity contribution in [2.24, 2.45) is 0 Å². The number of methoxy groups -OCH3 is 3. The molecule has 0 saturated carbocycles. The Balaban J connectivity index is 1.91. The van der Waals surface area contributed by atoms with E-state index in [-0.39, 0.29) is 17.3 Å². The number of ketones is 1. The molecule has 0 aliphatic carbocycles. The monoisotopic (exact) mass is 477 g/mol. The van der Waals surface area contributed by atoms with E-state index >= 15 is 0 Å². The van der Waals surface area contributed by atoms with Crippen LogP contribution in [0.2, 0.25) is 0 Å². The average molecular weight is 478 g/mol. The zero-order valence-electron chi connectivity index (χ0n) is 20.2. The molecule has 4 rings (SSSR count). The number of amides is 1. The number of benzene rings is 2. The number of rotatable bonds is 7. The van der Waals surface area contributed by atoms with Gasteiger partial charge in [-0.25, -0.2) is 0 Å². The fourth-order valence-corrected chi connectivity index (χ4v) is 4.28. The van der Waals surface area contributed by atoms with E-state index in [0.29, 0.717) is 34.3 Å². The highest BCUT2D eigenvalue weighted by Gasteiger charge is 2.48. The topological polar surface area (TPSA) is 98.4 Å². The lowest BCUT2D eigenvalue weighted by molar-refractivity contribution is -0.132. The molecule has 1 saturated heterocycles. The minimum atomic E-state index is -0.979. The second-order valence-electron chi connectivity index (χ2n) is 8.34. The van der Waals surface area contributed by atoms with Gasteiger partial charge < -0.3 is 23.7 Å². The fourth-order valence-electron chi connectivity index (χ4n) is 4.28. The molecule has 1 aliphatic rings. The van der Waals surface area contributed by atoms with E-state index in [2.05, 4.69) is 0 Å². The van der Waals surface area contributed by atoms with Gasteiger partial charge in [0.1, 0.15) is 23.3 Å². The minimum Gasteiger partial charge on any atom is -0.507 e. The van der Waals surface area contributed by atoms with Crippen molar-refractivity contribution in [1.29, 1.82) is 0 Å². The van der Waals surface area contributed by atoms with Gasteiger partial charge in [-0.2, -0.15) is 0 Å². The molecule has 1 aliphatic heterocycles. The van der Waals surface area contributed by atoms with Crippen LogP contribution in [0.25, 0.3) is 5.76 Å². The molecule has 1 unspecified atom stereocenters. The van der Waals surface area contributed by atoms with E-state index in [1.54, 1.807) is 55.6 Å². The molecule has 2 aromatic carbocycles. The molecule has 182 valence electrons. The normalized spacial score (nSPS) is 17.2. The summed E-state index contributed by atoms with van der Waals surface area (Å²) in [5.74, 6) is 0.0649. The highest BCUT2D eigenvalue weighted by atomic mass is 16.5. The van der Waals surface area contributed by atoms with Gasteiger partial charge in [0.15, 0.2) is 11.5 Å². The van der Waals surface area contributed by atoms with Gasteiger partial charge in [-0.05, 0) is 53.9 Å². The summed E-state index contributed by atoms with van der Waals surface area (Å²) >= 11 is 0. The summed E-state index contributed by atoms with van der Waals surface area (Å²) in [7, 11) is 4.56. The number of hydrogen-bond acceptors (Lipinski definition) is 7. The standard InChI is InChI=1S/C27H27NO7/c1-15(2)18-13-16(8-10-19(18)32-3)25(29)23-24(21-7-6-12-35-21)28(27(31)26(23)30)17-9-11-20(33-4)22(14-17)34-5/h6-15,24,29H,1-5H3/b25-23-. The SMILES string of the molecule is COc1ccc(N2C(=O)C(=O)/C(=C(\O)c3ccc(OC)c(C(C)C)c3)C2c2ccco2)cc1OC. The Labute approximate surface area is 203 Å². The van der Waals surface area contributed by atoms with E-state index in [1.807, 2.05) is 13.8 Å². The van der Waals surface area contributed by atoms with Gasteiger partial charge >= 0.3 is 0 Å². The van der Waals surface area contributed by atoms with Gasteiger partial charge in [-0.1, -0.05) is 13.8 Å². The van der Waals surface area contributed by atoms with Crippen molar-refractivity contribution in [3.05, 3.63) is 77.3 Å². The van der Waals surface area contributed by atoms with Gasteiger partial charge in [0.25, 0.3) is 11.7 Å². The van der Waals surface area contributed by atoms with Crippen molar-refractivity contribution in [1.82, 2.24) is 0 Å². The molecule has 35 heavy (non-hydrogen) atoms. The number of ether oxygens (including phenoxy) is 3. The van der Waals surface area contributed by atoms with Crippen LogP contribution in [-0.2, 0) is 9.59 Å². The molecule has 1 aromatic heterocycles. The smallest absolute Gasteiger partial charge is 0.300 e. The van der Waals surface area contributed by atoms with Crippen molar-refractivity contribution in [3.8, 4) is 17.2 Å². The maximum atomic E-state index is 13.3. The van der Waals surface area contributed by atoms with Crippen LogP contribution in [0.15, 0.2) is 64.8 Å². The molecule has 1 amide bonds. The molecular weight excluding hydrogens is 450 g/mol. The number of hydrogen-bond donors (Lipinski definition) is 1. The average Bonchev–Trinajstić information content (AvgIpc) is 3.49. The number of aliphatic hydroxyl groups is 1. The van der Waals surface area contributed by atoms with Crippen molar-refractivity contribution < 1.29 is 33.3 Å². The first-order chi connectivity index (χ1) is 16.8. The van der Waals surface area contributed by atoms with Gasteiger partial charge in [-0.15, -0.1) is 0 Å². The summed E-state index contributed by atoms with van der Waals surface area (Å²) in [5, 5.41) is 11.3. The fraction of sp³-hybridized carbons (Fsp3) is 0.259. The molecule has 8 nitrogen and oxygen atoms in total. The largest absolute Gasteiger partial charge is 0.507 e. The van der Waals surface area contributed by atoms with Crippen LogP contribution in [0.4, 0.5) is 5.69 Å². The van der Waals surface area contributed by atoms with Crippen LogP contribution < -0.4 is 19.1 Å². The highest BCUT2D eigenvalue weighted by Crippen LogP contribution is 2.44. The van der Waals surface area contributed by atoms with Crippen molar-refractivity contribution in [2.75, 3.05) is 26.2 Å². The Morgan fingerprint density at radius 2 is 1.63 bits per heavy atom. The Bertz CT molecular complexity index is 1290. The van der Waals surface area contributed by atoms with Crippen molar-refractivity contribution >= 4 is 23.1 Å². The van der Waals surface area contributed by atoms with Gasteiger partial charge in [-0.3, -0.25) is 14.5 Å². The maximum absolute atomic E-state index is 13.3. The third-order valence-corrected chi connectivity index (χ3v) is 6.03. The Morgan fingerprint density at radius 1 is 0.943 bits per heavy atom. The third-order valence-electron chi connectivity index (χ3n) is 6.03. The molecule has 8 heteroatoms. The van der Waals surface area contributed by atoms with E-state index in [9.17, 15) is 14.7 Å². The molecule has 1 fully saturated rings. The number of Topliss-reactive ketones (excluding diaryl/α,β-unsaturated/α-hetero) is 1. The summed E-state index contributed by atoms with van der Waals surface area (Å²) < 4.78 is 21.7. The minimum absolute atomic E-state index is 0.0698. The third kappa shape index (κ3) is 4.12. The second-order valence-corrected chi connectivity index (χ2v) is 8.34. The molecule has 2 heterocycles. The zero-order chi connectivity index (χ0) is 25.3. The summed E-state index contributed by atoms with van der Waals surface area (Å²) in [6.45, 7) is 4.00. The quantitative estimate of drug-likeness (QED) is 0.289. The molecule has 3 aromatic rings. The molecule has 0 bridgehead atoms. The Kier molecular flexibility index (Phi) is 6.55. The summed E-state index contributed by atoms with van der Waals surface area (Å²) in [6, 6.07) is 12.4. The van der Waals surface area contributed by atoms with Crippen LogP contribution in [0, 0.1) is 0 Å². The number of carbonyl (C=O) groups is 2. The molecule has 0 spiro atoms. The second kappa shape index (κ2) is 9.58. The molecular formula is C27H27NO7. The zero-order valence-corrected chi connectivity index (χ0v) is 20.2. The first kappa shape index (κ1) is 23.9. The molecule has 1 atom stereocenters. The van der Waals surface area contributed by atoms with Crippen LogP contribution in [-0.4, -0.2) is 38.1 Å². The van der Waals surface area contributed by atoms with Crippen molar-refractivity contribution in [3.63, 3.8) is 0 Å². The number of furan rings is 1. The maximum Gasteiger partial charge on any atom is 0.300 e. The molecule has 1 N–H and O–H groups in total. The predicted molar refractivity (Wildman–Crippen MR) is 130 cm³/mol. The van der Waals surface area contributed by atoms with E-state index in [0.717, 1.165) is 5.56 Å². The van der Waals surface area contributed by atoms with E-state index in [4.69, 9.17) is 18.6 Å². The lowest BCUT2D eigenvalue weighted by atomic mass is 9.95. The van der Waals surface area contributed by atoms with Crippen LogP contribution in [0.5, 0.6) is 17.2 Å². The lowest BCUT2D eigenvalue weighted by Gasteiger charge is -2.24. The number of nitrogens with zero attached hydrogens (tertiary/aromatic N) is 1. The first-order valence-corrected chi connectivity index (χ1v) is 11.1. The number of anilines is 1. The van der Waals surface area contributed by atoms with E-state index < -0.39 is 17.7 Å². The van der Waals surface area contributed by atoms with Gasteiger partial charge in [0.2, 0.25) is 0 Å². The summed E-state index contributed by atoms with van der Waals surface area (Å²) in [6.07, 6.45) is 1.45. The predicted octanol–water partition coefficient (Wildman–Crippen LogP) is 5.06. The Morgan fingerprint density at radius 3 is 2.23 bits per heavy atom. The Hall–Kier alpha value is -4.20. The van der Waals surface area contributed by atoms with Crippen LogP contribution >= 0.6 is 0 Å². The van der Waals surface area contributed by atoms with Crippen molar-refractivity contribution in [2.45, 2.75) is 25.8 Å². The van der Waals surface area contributed by atoms with E-state index in [1.165, 1.54) is 25.4 Å². The van der Waals surface area contributed by atoms with Gasteiger partial charge in [0.05, 0.1) is 33.2 Å². The number of aliphatic hydroxyl groups excluding tert-OH is 1. The number of carbonyl (C=O) groups excluding carboxylic acids is 2. The van der Waals surface area contributed by atoms with Crippen LogP contribution in [0.3, 0.4) is 0 Å². The lowest BCUT2D eigenvalue weighted by Crippen LogP contribution is -2.29. The molecule has 0 radical (unpaired) electrons. The first-order valence-electron chi connectivity index (χ1n) is 11.1.